The molecule has 0 atom stereocenters. The van der Waals surface area contributed by atoms with Gasteiger partial charge in [-0.3, -0.25) is 4.79 Å². The summed E-state index contributed by atoms with van der Waals surface area (Å²) in [6.45, 7) is 3.01. The fourth-order valence-corrected chi connectivity index (χ4v) is 3.63. The summed E-state index contributed by atoms with van der Waals surface area (Å²) in [6, 6.07) is 13.4. The summed E-state index contributed by atoms with van der Waals surface area (Å²) < 4.78 is 16.0. The first-order valence-electron chi connectivity index (χ1n) is 9.28. The molecule has 0 spiro atoms. The van der Waals surface area contributed by atoms with E-state index < -0.39 is 0 Å². The molecule has 0 aliphatic carbocycles. The molecule has 152 valence electrons. The molecule has 1 heterocycles. The molecular formula is C22H24N2O4S. The van der Waals surface area contributed by atoms with Gasteiger partial charge in [-0.1, -0.05) is 6.07 Å². The van der Waals surface area contributed by atoms with E-state index in [4.69, 9.17) is 14.2 Å². The van der Waals surface area contributed by atoms with Gasteiger partial charge in [0.2, 0.25) is 5.91 Å². The summed E-state index contributed by atoms with van der Waals surface area (Å²) in [5.74, 6) is 2.05. The zero-order chi connectivity index (χ0) is 20.6. The summed E-state index contributed by atoms with van der Waals surface area (Å²) >= 11 is 1.52. The Morgan fingerprint density at radius 3 is 2.52 bits per heavy atom. The summed E-state index contributed by atoms with van der Waals surface area (Å²) in [6.07, 6.45) is 0.237. The number of rotatable bonds is 9. The molecule has 0 aliphatic heterocycles. The standard InChI is InChI=1S/C22H24N2O4S/c1-4-28-18-8-6-16(7-9-18)22-24-17(14-29-22)12-21(25)23-13-15-5-10-19(26-2)20(11-15)27-3/h5-11,14H,4,12-13H2,1-3H3,(H,23,25). The van der Waals surface area contributed by atoms with Gasteiger partial charge in [-0.05, 0) is 48.9 Å². The molecule has 0 bridgehead atoms. The van der Waals surface area contributed by atoms with Gasteiger partial charge in [-0.2, -0.15) is 0 Å². The van der Waals surface area contributed by atoms with E-state index in [1.54, 1.807) is 14.2 Å². The zero-order valence-corrected chi connectivity index (χ0v) is 17.5. The van der Waals surface area contributed by atoms with Gasteiger partial charge >= 0.3 is 0 Å². The van der Waals surface area contributed by atoms with E-state index in [-0.39, 0.29) is 12.3 Å². The first-order valence-corrected chi connectivity index (χ1v) is 10.2. The van der Waals surface area contributed by atoms with E-state index in [1.807, 2.05) is 54.8 Å². The van der Waals surface area contributed by atoms with Crippen LogP contribution in [0.5, 0.6) is 17.2 Å². The lowest BCUT2D eigenvalue weighted by Crippen LogP contribution is -2.24. The predicted molar refractivity (Wildman–Crippen MR) is 114 cm³/mol. The van der Waals surface area contributed by atoms with Crippen LogP contribution in [0.1, 0.15) is 18.2 Å². The molecule has 0 radical (unpaired) electrons. The van der Waals surface area contributed by atoms with Crippen LogP contribution < -0.4 is 19.5 Å². The molecule has 2 aromatic carbocycles. The molecule has 0 aliphatic rings. The van der Waals surface area contributed by atoms with Gasteiger partial charge in [0.05, 0.1) is 32.9 Å². The third kappa shape index (κ3) is 5.48. The summed E-state index contributed by atoms with van der Waals surface area (Å²) in [5.41, 5.74) is 2.70. The number of carbonyl (C=O) groups is 1. The number of ether oxygens (including phenoxy) is 3. The SMILES string of the molecule is CCOc1ccc(-c2nc(CC(=O)NCc3ccc(OC)c(OC)c3)cs2)cc1. The highest BCUT2D eigenvalue weighted by Gasteiger charge is 2.10. The lowest BCUT2D eigenvalue weighted by Gasteiger charge is -2.10. The highest BCUT2D eigenvalue weighted by molar-refractivity contribution is 7.13. The van der Waals surface area contributed by atoms with Gasteiger partial charge in [0.1, 0.15) is 10.8 Å². The smallest absolute Gasteiger partial charge is 0.226 e. The Morgan fingerprint density at radius 2 is 1.83 bits per heavy atom. The van der Waals surface area contributed by atoms with Gasteiger partial charge in [0, 0.05) is 17.5 Å². The number of benzene rings is 2. The summed E-state index contributed by atoms with van der Waals surface area (Å²) in [5, 5.41) is 5.72. The predicted octanol–water partition coefficient (Wildman–Crippen LogP) is 4.08. The highest BCUT2D eigenvalue weighted by atomic mass is 32.1. The van der Waals surface area contributed by atoms with Crippen LogP contribution in [0.2, 0.25) is 0 Å². The van der Waals surface area contributed by atoms with Crippen molar-refractivity contribution in [1.29, 1.82) is 0 Å². The Balaban J connectivity index is 1.56. The monoisotopic (exact) mass is 412 g/mol. The molecule has 0 fully saturated rings. The fraction of sp³-hybridized carbons (Fsp3) is 0.273. The van der Waals surface area contributed by atoms with E-state index in [2.05, 4.69) is 10.3 Å². The molecule has 0 saturated heterocycles. The number of hydrogen-bond donors (Lipinski definition) is 1. The third-order valence-corrected chi connectivity index (χ3v) is 5.18. The molecule has 1 N–H and O–H groups in total. The maximum Gasteiger partial charge on any atom is 0.226 e. The lowest BCUT2D eigenvalue weighted by molar-refractivity contribution is -0.120. The molecule has 7 heteroatoms. The quantitative estimate of drug-likeness (QED) is 0.573. The number of amides is 1. The maximum absolute atomic E-state index is 12.3. The molecule has 3 rings (SSSR count). The molecular weight excluding hydrogens is 388 g/mol. The van der Waals surface area contributed by atoms with E-state index in [0.717, 1.165) is 27.6 Å². The van der Waals surface area contributed by atoms with Crippen molar-refractivity contribution in [3.63, 3.8) is 0 Å². The molecule has 1 aromatic heterocycles. The van der Waals surface area contributed by atoms with Crippen LogP contribution in [0.25, 0.3) is 10.6 Å². The largest absolute Gasteiger partial charge is 0.494 e. The number of methoxy groups -OCH3 is 2. The maximum atomic E-state index is 12.3. The van der Waals surface area contributed by atoms with Gasteiger partial charge in [0.25, 0.3) is 0 Å². The van der Waals surface area contributed by atoms with Crippen LogP contribution in [0.3, 0.4) is 0 Å². The van der Waals surface area contributed by atoms with Crippen molar-refractivity contribution in [1.82, 2.24) is 10.3 Å². The van der Waals surface area contributed by atoms with Crippen LogP contribution >= 0.6 is 11.3 Å². The molecule has 29 heavy (non-hydrogen) atoms. The van der Waals surface area contributed by atoms with Crippen LogP contribution in [0.15, 0.2) is 47.8 Å². The number of thiazole rings is 1. The zero-order valence-electron chi connectivity index (χ0n) is 16.7. The van der Waals surface area contributed by atoms with Crippen molar-refractivity contribution >= 4 is 17.2 Å². The highest BCUT2D eigenvalue weighted by Crippen LogP contribution is 2.28. The number of nitrogens with one attached hydrogen (secondary N) is 1. The normalized spacial score (nSPS) is 10.4. The van der Waals surface area contributed by atoms with Crippen molar-refractivity contribution in [3.05, 3.63) is 59.1 Å². The van der Waals surface area contributed by atoms with Crippen molar-refractivity contribution in [2.75, 3.05) is 20.8 Å². The summed E-state index contributed by atoms with van der Waals surface area (Å²) in [7, 11) is 3.18. The average Bonchev–Trinajstić information content (AvgIpc) is 3.21. The van der Waals surface area contributed by atoms with E-state index in [0.29, 0.717) is 24.7 Å². The molecule has 3 aromatic rings. The molecule has 0 saturated carbocycles. The van der Waals surface area contributed by atoms with Gasteiger partial charge < -0.3 is 19.5 Å². The second-order valence-electron chi connectivity index (χ2n) is 6.24. The van der Waals surface area contributed by atoms with Crippen molar-refractivity contribution in [2.24, 2.45) is 0 Å². The third-order valence-electron chi connectivity index (χ3n) is 4.24. The number of nitrogens with zero attached hydrogens (tertiary/aromatic N) is 1. The second-order valence-corrected chi connectivity index (χ2v) is 7.10. The van der Waals surface area contributed by atoms with Crippen LogP contribution in [-0.2, 0) is 17.8 Å². The Kier molecular flexibility index (Phi) is 7.08. The van der Waals surface area contributed by atoms with E-state index in [9.17, 15) is 4.79 Å². The minimum atomic E-state index is -0.0803. The Hall–Kier alpha value is -3.06. The first kappa shape index (κ1) is 20.7. The van der Waals surface area contributed by atoms with Crippen LogP contribution in [-0.4, -0.2) is 31.7 Å². The summed E-state index contributed by atoms with van der Waals surface area (Å²) in [4.78, 5) is 16.9. The molecule has 0 unspecified atom stereocenters. The number of hydrogen-bond acceptors (Lipinski definition) is 6. The number of carbonyl (C=O) groups excluding carboxylic acids is 1. The average molecular weight is 413 g/mol. The van der Waals surface area contributed by atoms with E-state index in [1.165, 1.54) is 11.3 Å². The number of aromatic nitrogens is 1. The first-order chi connectivity index (χ1) is 14.1. The Labute approximate surface area is 174 Å². The lowest BCUT2D eigenvalue weighted by atomic mass is 10.2. The van der Waals surface area contributed by atoms with Crippen molar-refractivity contribution in [3.8, 4) is 27.8 Å². The van der Waals surface area contributed by atoms with Crippen molar-refractivity contribution < 1.29 is 19.0 Å². The minimum Gasteiger partial charge on any atom is -0.494 e. The van der Waals surface area contributed by atoms with Gasteiger partial charge in [-0.15, -0.1) is 11.3 Å². The Morgan fingerprint density at radius 1 is 1.07 bits per heavy atom. The van der Waals surface area contributed by atoms with Crippen LogP contribution in [0.4, 0.5) is 0 Å². The fourth-order valence-electron chi connectivity index (χ4n) is 2.80. The molecule has 1 amide bonds. The topological polar surface area (TPSA) is 69.7 Å². The van der Waals surface area contributed by atoms with Crippen molar-refractivity contribution in [2.45, 2.75) is 19.9 Å². The van der Waals surface area contributed by atoms with E-state index >= 15 is 0 Å². The molecule has 6 nitrogen and oxygen atoms in total. The minimum absolute atomic E-state index is 0.0803. The van der Waals surface area contributed by atoms with Crippen LogP contribution in [0, 0.1) is 0 Å². The second kappa shape index (κ2) is 9.93. The van der Waals surface area contributed by atoms with Gasteiger partial charge in [-0.25, -0.2) is 4.98 Å². The van der Waals surface area contributed by atoms with Gasteiger partial charge in [0.15, 0.2) is 11.5 Å². The Bertz CT molecular complexity index is 954.